The maximum absolute atomic E-state index is 8.94. The van der Waals surface area contributed by atoms with Gasteiger partial charge in [0.15, 0.2) is 4.96 Å². The molecule has 0 bridgehead atoms. The summed E-state index contributed by atoms with van der Waals surface area (Å²) in [5.74, 6) is 0.409. The highest BCUT2D eigenvalue weighted by Crippen LogP contribution is 2.16. The van der Waals surface area contributed by atoms with Gasteiger partial charge in [-0.3, -0.25) is 4.40 Å². The van der Waals surface area contributed by atoms with Gasteiger partial charge in [0.1, 0.15) is 0 Å². The third kappa shape index (κ3) is 3.10. The zero-order valence-electron chi connectivity index (χ0n) is 11.0. The molecule has 0 aromatic carbocycles. The number of fused-ring (bicyclic) bond motifs is 1. The van der Waals surface area contributed by atoms with Crippen molar-refractivity contribution in [3.05, 3.63) is 23.0 Å². The Morgan fingerprint density at radius 3 is 3.17 bits per heavy atom. The second-order valence-corrected chi connectivity index (χ2v) is 5.68. The van der Waals surface area contributed by atoms with Crippen LogP contribution in [-0.2, 0) is 6.54 Å². The Hall–Kier alpha value is -0.910. The van der Waals surface area contributed by atoms with E-state index in [2.05, 4.69) is 40.1 Å². The van der Waals surface area contributed by atoms with Crippen molar-refractivity contribution in [2.24, 2.45) is 5.92 Å². The van der Waals surface area contributed by atoms with E-state index in [1.54, 1.807) is 11.3 Å². The summed E-state index contributed by atoms with van der Waals surface area (Å²) < 4.78 is 2.16. The van der Waals surface area contributed by atoms with Crippen molar-refractivity contribution in [3.63, 3.8) is 0 Å². The van der Waals surface area contributed by atoms with Gasteiger partial charge in [-0.15, -0.1) is 11.3 Å². The smallest absolute Gasteiger partial charge is 0.194 e. The van der Waals surface area contributed by atoms with Crippen molar-refractivity contribution in [2.45, 2.75) is 33.2 Å². The van der Waals surface area contributed by atoms with Crippen LogP contribution in [0, 0.1) is 12.8 Å². The highest BCUT2D eigenvalue weighted by molar-refractivity contribution is 7.15. The summed E-state index contributed by atoms with van der Waals surface area (Å²) >= 11 is 1.67. The van der Waals surface area contributed by atoms with Crippen molar-refractivity contribution in [1.29, 1.82) is 0 Å². The molecule has 1 atom stereocenters. The number of thiazole rings is 1. The molecule has 2 heterocycles. The molecule has 0 fully saturated rings. The predicted octanol–water partition coefficient (Wildman–Crippen LogP) is 2.20. The fourth-order valence-electron chi connectivity index (χ4n) is 2.03. The second-order valence-electron chi connectivity index (χ2n) is 4.81. The van der Waals surface area contributed by atoms with Gasteiger partial charge in [-0.2, -0.15) is 0 Å². The minimum absolute atomic E-state index is 0.289. The topological polar surface area (TPSA) is 49.6 Å². The van der Waals surface area contributed by atoms with E-state index >= 15 is 0 Å². The van der Waals surface area contributed by atoms with E-state index in [0.29, 0.717) is 5.92 Å². The Bertz CT molecular complexity index is 491. The number of nitrogens with zero attached hydrogens (tertiary/aromatic N) is 2. The molecule has 0 radical (unpaired) electrons. The average molecular weight is 267 g/mol. The average Bonchev–Trinajstić information content (AvgIpc) is 2.90. The van der Waals surface area contributed by atoms with E-state index in [1.165, 1.54) is 5.69 Å². The van der Waals surface area contributed by atoms with Crippen molar-refractivity contribution >= 4 is 16.3 Å². The third-order valence-corrected chi connectivity index (χ3v) is 3.97. The van der Waals surface area contributed by atoms with Crippen LogP contribution in [0.1, 0.15) is 31.2 Å². The molecule has 2 rings (SSSR count). The fraction of sp³-hybridized carbons (Fsp3) is 0.615. The van der Waals surface area contributed by atoms with Crippen LogP contribution in [0.4, 0.5) is 0 Å². The molecule has 0 amide bonds. The molecule has 2 N–H and O–H groups in total. The standard InChI is InChI=1S/C13H21N3OS/c1-10(9-17)4-3-5-14-8-12-11(2)15-13-16(12)6-7-18-13/h6-7,10,14,17H,3-5,8-9H2,1-2H3. The number of hydrogen-bond acceptors (Lipinski definition) is 4. The van der Waals surface area contributed by atoms with Gasteiger partial charge >= 0.3 is 0 Å². The number of aromatic nitrogens is 2. The van der Waals surface area contributed by atoms with Gasteiger partial charge in [-0.05, 0) is 32.2 Å². The first-order valence-corrected chi connectivity index (χ1v) is 7.33. The maximum atomic E-state index is 8.94. The van der Waals surface area contributed by atoms with Crippen molar-refractivity contribution in [2.75, 3.05) is 13.2 Å². The van der Waals surface area contributed by atoms with Crippen molar-refractivity contribution in [1.82, 2.24) is 14.7 Å². The van der Waals surface area contributed by atoms with Crippen LogP contribution in [0.25, 0.3) is 4.96 Å². The third-order valence-electron chi connectivity index (χ3n) is 3.22. The van der Waals surface area contributed by atoms with Crippen LogP contribution in [0.15, 0.2) is 11.6 Å². The maximum Gasteiger partial charge on any atom is 0.194 e. The summed E-state index contributed by atoms with van der Waals surface area (Å²) in [5, 5.41) is 14.5. The van der Waals surface area contributed by atoms with Crippen LogP contribution >= 0.6 is 11.3 Å². The molecular formula is C13H21N3OS. The predicted molar refractivity (Wildman–Crippen MR) is 75.0 cm³/mol. The first-order chi connectivity index (χ1) is 8.72. The molecule has 5 heteroatoms. The van der Waals surface area contributed by atoms with Crippen molar-refractivity contribution in [3.8, 4) is 0 Å². The first-order valence-electron chi connectivity index (χ1n) is 6.45. The van der Waals surface area contributed by atoms with E-state index in [0.717, 1.165) is 36.6 Å². The Balaban J connectivity index is 1.79. The van der Waals surface area contributed by atoms with Gasteiger partial charge in [0, 0.05) is 24.7 Å². The number of aliphatic hydroxyl groups is 1. The van der Waals surface area contributed by atoms with Gasteiger partial charge in [-0.1, -0.05) is 6.92 Å². The number of aliphatic hydroxyl groups excluding tert-OH is 1. The van der Waals surface area contributed by atoms with Gasteiger partial charge in [0.05, 0.1) is 11.4 Å². The zero-order valence-corrected chi connectivity index (χ0v) is 11.8. The lowest BCUT2D eigenvalue weighted by atomic mass is 10.1. The summed E-state index contributed by atoms with van der Waals surface area (Å²) in [4.78, 5) is 5.59. The molecule has 0 saturated carbocycles. The molecule has 2 aromatic rings. The summed E-state index contributed by atoms with van der Waals surface area (Å²) in [6, 6.07) is 0. The molecule has 0 aliphatic heterocycles. The molecule has 18 heavy (non-hydrogen) atoms. The van der Waals surface area contributed by atoms with Gasteiger partial charge < -0.3 is 10.4 Å². The lowest BCUT2D eigenvalue weighted by molar-refractivity contribution is 0.228. The van der Waals surface area contributed by atoms with Crippen molar-refractivity contribution < 1.29 is 5.11 Å². The fourth-order valence-corrected chi connectivity index (χ4v) is 2.81. The Kier molecular flexibility index (Phi) is 4.74. The molecule has 2 aromatic heterocycles. The number of nitrogens with one attached hydrogen (secondary N) is 1. The Morgan fingerprint density at radius 1 is 1.56 bits per heavy atom. The molecule has 100 valence electrons. The van der Waals surface area contributed by atoms with Crippen LogP contribution in [0.5, 0.6) is 0 Å². The summed E-state index contributed by atoms with van der Waals surface area (Å²) in [6.07, 6.45) is 4.25. The minimum Gasteiger partial charge on any atom is -0.396 e. The lowest BCUT2D eigenvalue weighted by Crippen LogP contribution is -2.17. The quantitative estimate of drug-likeness (QED) is 0.756. The molecule has 0 spiro atoms. The molecule has 0 aliphatic rings. The van der Waals surface area contributed by atoms with Gasteiger partial charge in [0.2, 0.25) is 0 Å². The highest BCUT2D eigenvalue weighted by Gasteiger charge is 2.08. The molecule has 4 nitrogen and oxygen atoms in total. The Morgan fingerprint density at radius 2 is 2.39 bits per heavy atom. The molecule has 0 saturated heterocycles. The van der Waals surface area contributed by atoms with Crippen LogP contribution in [0.3, 0.4) is 0 Å². The van der Waals surface area contributed by atoms with Gasteiger partial charge in [-0.25, -0.2) is 4.98 Å². The summed E-state index contributed by atoms with van der Waals surface area (Å²) in [7, 11) is 0. The number of rotatable bonds is 7. The molecule has 1 unspecified atom stereocenters. The van der Waals surface area contributed by atoms with Gasteiger partial charge in [0.25, 0.3) is 0 Å². The number of imidazole rings is 1. The van der Waals surface area contributed by atoms with E-state index in [9.17, 15) is 0 Å². The zero-order chi connectivity index (χ0) is 13.0. The van der Waals surface area contributed by atoms with Crippen LogP contribution < -0.4 is 5.32 Å². The van der Waals surface area contributed by atoms with E-state index in [-0.39, 0.29) is 6.61 Å². The highest BCUT2D eigenvalue weighted by atomic mass is 32.1. The lowest BCUT2D eigenvalue weighted by Gasteiger charge is -2.08. The normalized spacial score (nSPS) is 13.3. The second kappa shape index (κ2) is 6.31. The first kappa shape index (κ1) is 13.5. The van der Waals surface area contributed by atoms with E-state index in [4.69, 9.17) is 5.11 Å². The minimum atomic E-state index is 0.289. The number of hydrogen-bond donors (Lipinski definition) is 2. The van der Waals surface area contributed by atoms with E-state index in [1.807, 2.05) is 0 Å². The summed E-state index contributed by atoms with van der Waals surface area (Å²) in [5.41, 5.74) is 2.36. The largest absolute Gasteiger partial charge is 0.396 e. The monoisotopic (exact) mass is 267 g/mol. The van der Waals surface area contributed by atoms with Crippen LogP contribution in [0.2, 0.25) is 0 Å². The molecular weight excluding hydrogens is 246 g/mol. The van der Waals surface area contributed by atoms with Crippen LogP contribution in [-0.4, -0.2) is 27.6 Å². The SMILES string of the molecule is Cc1nc2sccn2c1CNCCCC(C)CO. The number of aryl methyl sites for hydroxylation is 1. The molecule has 0 aliphatic carbocycles. The summed E-state index contributed by atoms with van der Waals surface area (Å²) in [6.45, 7) is 6.27. The van der Waals surface area contributed by atoms with E-state index < -0.39 is 0 Å². The Labute approximate surface area is 112 Å².